The number of aromatic hydroxyl groups is 1. The van der Waals surface area contributed by atoms with E-state index in [9.17, 15) is 9.90 Å². The lowest BCUT2D eigenvalue weighted by Crippen LogP contribution is -2.19. The number of carbonyl (C=O) groups is 1. The van der Waals surface area contributed by atoms with Gasteiger partial charge in [0.15, 0.2) is 0 Å². The predicted octanol–water partition coefficient (Wildman–Crippen LogP) is 3.41. The van der Waals surface area contributed by atoms with Crippen molar-refractivity contribution in [3.63, 3.8) is 0 Å². The second-order valence-corrected chi connectivity index (χ2v) is 5.83. The van der Waals surface area contributed by atoms with Crippen LogP contribution in [0.3, 0.4) is 0 Å². The molecule has 0 radical (unpaired) electrons. The van der Waals surface area contributed by atoms with E-state index in [-0.39, 0.29) is 11.7 Å². The molecule has 4 nitrogen and oxygen atoms in total. The van der Waals surface area contributed by atoms with E-state index >= 15 is 0 Å². The van der Waals surface area contributed by atoms with Crippen LogP contribution in [0.1, 0.15) is 18.9 Å². The molecule has 2 aromatic carbocycles. The average molecular weight is 314 g/mol. The fourth-order valence-corrected chi connectivity index (χ4v) is 2.69. The standard InChI is InChI=1S/C17H18N2O2S/c1-13(15-9-5-6-10-16(15)20)18-19-17(21)11-12-22-14-7-3-2-4-8-14/h2-10,20H,11-12H2,1H3,(H,19,21). The van der Waals surface area contributed by atoms with E-state index in [1.165, 1.54) is 0 Å². The minimum atomic E-state index is -0.141. The number of rotatable bonds is 6. The van der Waals surface area contributed by atoms with Crippen LogP contribution in [0, 0.1) is 0 Å². The van der Waals surface area contributed by atoms with Crippen molar-refractivity contribution >= 4 is 23.4 Å². The van der Waals surface area contributed by atoms with Crippen LogP contribution >= 0.6 is 11.8 Å². The average Bonchev–Trinajstić information content (AvgIpc) is 2.54. The molecule has 114 valence electrons. The number of nitrogens with zero attached hydrogens (tertiary/aromatic N) is 1. The fourth-order valence-electron chi connectivity index (χ4n) is 1.82. The SMILES string of the molecule is CC(=NNC(=O)CCSc1ccccc1)c1ccccc1O. The predicted molar refractivity (Wildman–Crippen MR) is 90.2 cm³/mol. The van der Waals surface area contributed by atoms with Crippen molar-refractivity contribution in [2.45, 2.75) is 18.2 Å². The number of phenolic OH excluding ortho intramolecular Hbond substituents is 1. The van der Waals surface area contributed by atoms with Gasteiger partial charge in [0.1, 0.15) is 5.75 Å². The summed E-state index contributed by atoms with van der Waals surface area (Å²) < 4.78 is 0. The number of thioether (sulfide) groups is 1. The van der Waals surface area contributed by atoms with E-state index in [4.69, 9.17) is 0 Å². The Morgan fingerprint density at radius 1 is 1.14 bits per heavy atom. The van der Waals surface area contributed by atoms with Crippen LogP contribution in [0.25, 0.3) is 0 Å². The van der Waals surface area contributed by atoms with Gasteiger partial charge in [-0.1, -0.05) is 30.3 Å². The zero-order valence-electron chi connectivity index (χ0n) is 12.3. The quantitative estimate of drug-likeness (QED) is 0.488. The van der Waals surface area contributed by atoms with Gasteiger partial charge in [0.05, 0.1) is 5.71 Å². The number of amides is 1. The molecule has 0 saturated carbocycles. The van der Waals surface area contributed by atoms with Crippen LogP contribution in [-0.2, 0) is 4.79 Å². The number of benzene rings is 2. The van der Waals surface area contributed by atoms with Gasteiger partial charge >= 0.3 is 0 Å². The van der Waals surface area contributed by atoms with Crippen molar-refractivity contribution in [1.82, 2.24) is 5.43 Å². The first-order valence-electron chi connectivity index (χ1n) is 6.96. The van der Waals surface area contributed by atoms with E-state index < -0.39 is 0 Å². The number of phenols is 1. The van der Waals surface area contributed by atoms with Gasteiger partial charge in [0.25, 0.3) is 0 Å². The molecule has 0 aliphatic rings. The van der Waals surface area contributed by atoms with Crippen LogP contribution in [-0.4, -0.2) is 22.5 Å². The molecule has 0 spiro atoms. The largest absolute Gasteiger partial charge is 0.507 e. The summed E-state index contributed by atoms with van der Waals surface area (Å²) in [6, 6.07) is 16.8. The lowest BCUT2D eigenvalue weighted by atomic mass is 10.1. The summed E-state index contributed by atoms with van der Waals surface area (Å²) in [4.78, 5) is 12.9. The monoisotopic (exact) mass is 314 g/mol. The molecule has 0 unspecified atom stereocenters. The molecule has 5 heteroatoms. The van der Waals surface area contributed by atoms with Gasteiger partial charge in [-0.2, -0.15) is 5.10 Å². The van der Waals surface area contributed by atoms with E-state index in [1.807, 2.05) is 36.4 Å². The van der Waals surface area contributed by atoms with Gasteiger partial charge in [-0.15, -0.1) is 11.8 Å². The summed E-state index contributed by atoms with van der Waals surface area (Å²) in [7, 11) is 0. The first kappa shape index (κ1) is 16.1. The van der Waals surface area contributed by atoms with E-state index in [2.05, 4.69) is 10.5 Å². The minimum Gasteiger partial charge on any atom is -0.507 e. The summed E-state index contributed by atoms with van der Waals surface area (Å²) in [5, 5.41) is 13.7. The second kappa shape index (κ2) is 8.24. The first-order chi connectivity index (χ1) is 10.7. The topological polar surface area (TPSA) is 61.7 Å². The molecular weight excluding hydrogens is 296 g/mol. The van der Waals surface area contributed by atoms with Gasteiger partial charge in [0, 0.05) is 22.6 Å². The maximum Gasteiger partial charge on any atom is 0.240 e. The molecule has 0 aliphatic carbocycles. The normalized spacial score (nSPS) is 11.2. The number of hydrazone groups is 1. The highest BCUT2D eigenvalue weighted by molar-refractivity contribution is 7.99. The van der Waals surface area contributed by atoms with E-state index in [0.29, 0.717) is 23.4 Å². The Balaban J connectivity index is 1.80. The molecule has 0 bridgehead atoms. The Morgan fingerprint density at radius 3 is 2.55 bits per heavy atom. The Labute approximate surface area is 134 Å². The molecule has 2 aromatic rings. The zero-order chi connectivity index (χ0) is 15.8. The Morgan fingerprint density at radius 2 is 1.82 bits per heavy atom. The van der Waals surface area contributed by atoms with Crippen LogP contribution in [0.15, 0.2) is 64.6 Å². The Hall–Kier alpha value is -2.27. The van der Waals surface area contributed by atoms with Crippen molar-refractivity contribution < 1.29 is 9.90 Å². The van der Waals surface area contributed by atoms with Crippen LogP contribution in [0.4, 0.5) is 0 Å². The molecule has 22 heavy (non-hydrogen) atoms. The maximum atomic E-state index is 11.8. The molecule has 0 heterocycles. The molecule has 0 saturated heterocycles. The van der Waals surface area contributed by atoms with Gasteiger partial charge in [-0.25, -0.2) is 5.43 Å². The van der Waals surface area contributed by atoms with Gasteiger partial charge in [-0.3, -0.25) is 4.79 Å². The number of para-hydroxylation sites is 1. The van der Waals surface area contributed by atoms with E-state index in [1.54, 1.807) is 36.9 Å². The Kier molecular flexibility index (Phi) is 6.03. The van der Waals surface area contributed by atoms with Crippen molar-refractivity contribution in [2.75, 3.05) is 5.75 Å². The lowest BCUT2D eigenvalue weighted by molar-refractivity contribution is -0.120. The molecule has 2 rings (SSSR count). The smallest absolute Gasteiger partial charge is 0.240 e. The van der Waals surface area contributed by atoms with E-state index in [0.717, 1.165) is 4.90 Å². The first-order valence-corrected chi connectivity index (χ1v) is 7.94. The van der Waals surface area contributed by atoms with Crippen molar-refractivity contribution in [1.29, 1.82) is 0 Å². The molecule has 2 N–H and O–H groups in total. The highest BCUT2D eigenvalue weighted by Crippen LogP contribution is 2.18. The maximum absolute atomic E-state index is 11.8. The summed E-state index contributed by atoms with van der Waals surface area (Å²) >= 11 is 1.63. The third kappa shape index (κ3) is 4.93. The summed E-state index contributed by atoms with van der Waals surface area (Å²) in [5.74, 6) is 0.705. The lowest BCUT2D eigenvalue weighted by Gasteiger charge is -2.05. The molecular formula is C17H18N2O2S. The van der Waals surface area contributed by atoms with Crippen molar-refractivity contribution in [3.05, 3.63) is 60.2 Å². The Bertz CT molecular complexity index is 657. The zero-order valence-corrected chi connectivity index (χ0v) is 13.1. The van der Waals surface area contributed by atoms with Gasteiger partial charge < -0.3 is 5.11 Å². The van der Waals surface area contributed by atoms with Crippen LogP contribution in [0.5, 0.6) is 5.75 Å². The third-order valence-electron chi connectivity index (χ3n) is 2.98. The van der Waals surface area contributed by atoms with Crippen LogP contribution < -0.4 is 5.43 Å². The fraction of sp³-hybridized carbons (Fsp3) is 0.176. The third-order valence-corrected chi connectivity index (χ3v) is 4.00. The number of hydrogen-bond donors (Lipinski definition) is 2. The second-order valence-electron chi connectivity index (χ2n) is 4.66. The highest BCUT2D eigenvalue weighted by atomic mass is 32.2. The molecule has 1 amide bonds. The summed E-state index contributed by atoms with van der Waals surface area (Å²) in [6.45, 7) is 1.74. The van der Waals surface area contributed by atoms with Gasteiger partial charge in [-0.05, 0) is 31.2 Å². The molecule has 0 aromatic heterocycles. The molecule has 0 aliphatic heterocycles. The highest BCUT2D eigenvalue weighted by Gasteiger charge is 2.05. The van der Waals surface area contributed by atoms with Crippen LogP contribution in [0.2, 0.25) is 0 Å². The summed E-state index contributed by atoms with van der Waals surface area (Å²) in [6.07, 6.45) is 0.386. The molecule has 0 fully saturated rings. The number of carbonyl (C=O) groups excluding carboxylic acids is 1. The van der Waals surface area contributed by atoms with Crippen molar-refractivity contribution in [2.24, 2.45) is 5.10 Å². The minimum absolute atomic E-state index is 0.141. The van der Waals surface area contributed by atoms with Gasteiger partial charge in [0.2, 0.25) is 5.91 Å². The molecule has 0 atom stereocenters. The van der Waals surface area contributed by atoms with Crippen molar-refractivity contribution in [3.8, 4) is 5.75 Å². The summed E-state index contributed by atoms with van der Waals surface area (Å²) in [5.41, 5.74) is 3.70. The number of hydrogen-bond acceptors (Lipinski definition) is 4. The number of nitrogens with one attached hydrogen (secondary N) is 1.